The minimum Gasteiger partial charge on any atom is -0.419 e. The number of carbonyl (C=O) groups is 2. The van der Waals surface area contributed by atoms with Crippen LogP contribution >= 0.6 is 0 Å². The topological polar surface area (TPSA) is 90.7 Å². The van der Waals surface area contributed by atoms with Crippen LogP contribution in [0.3, 0.4) is 0 Å². The molecule has 0 unspecified atom stereocenters. The summed E-state index contributed by atoms with van der Waals surface area (Å²) in [4.78, 5) is 23.3. The lowest BCUT2D eigenvalue weighted by atomic mass is 10.2. The number of benzene rings is 2. The molecule has 1 aliphatic rings. The third kappa shape index (κ3) is 6.18. The molecule has 1 saturated heterocycles. The van der Waals surface area contributed by atoms with E-state index in [1.807, 2.05) is 62.4 Å². The van der Waals surface area contributed by atoms with Gasteiger partial charge in [-0.25, -0.2) is 9.59 Å². The van der Waals surface area contributed by atoms with E-state index in [1.165, 1.54) is 25.6 Å². The molecule has 6 nitrogen and oxygen atoms in total. The van der Waals surface area contributed by atoms with Crippen LogP contribution in [-0.4, -0.2) is 17.7 Å². The Kier molecular flexibility index (Phi) is 6.23. The minimum absolute atomic E-state index is 0.153. The summed E-state index contributed by atoms with van der Waals surface area (Å²) < 4.78 is 9.95. The fourth-order valence-corrected chi connectivity index (χ4v) is 2.15. The van der Waals surface area contributed by atoms with E-state index in [4.69, 9.17) is 15.2 Å². The molecular formula is C21H24N2O4. The summed E-state index contributed by atoms with van der Waals surface area (Å²) in [6.07, 6.45) is 1.30. The lowest BCUT2D eigenvalue weighted by Gasteiger charge is -2.29. The van der Waals surface area contributed by atoms with Crippen LogP contribution in [0.15, 0.2) is 60.3 Å². The van der Waals surface area contributed by atoms with Gasteiger partial charge in [-0.05, 0) is 38.1 Å². The van der Waals surface area contributed by atoms with Crippen molar-refractivity contribution in [3.63, 3.8) is 0 Å². The summed E-state index contributed by atoms with van der Waals surface area (Å²) in [5.41, 5.74) is 9.24. The van der Waals surface area contributed by atoms with Gasteiger partial charge in [-0.2, -0.15) is 0 Å². The highest BCUT2D eigenvalue weighted by molar-refractivity contribution is 6.15. The van der Waals surface area contributed by atoms with Crippen LogP contribution in [0.5, 0.6) is 0 Å². The molecule has 2 aromatic rings. The molecule has 0 atom stereocenters. The molecule has 0 radical (unpaired) electrons. The first-order chi connectivity index (χ1) is 12.7. The van der Waals surface area contributed by atoms with Gasteiger partial charge >= 0.3 is 11.9 Å². The fourth-order valence-electron chi connectivity index (χ4n) is 2.15. The van der Waals surface area contributed by atoms with Crippen molar-refractivity contribution in [1.82, 2.24) is 0 Å². The zero-order valence-electron chi connectivity index (χ0n) is 15.9. The summed E-state index contributed by atoms with van der Waals surface area (Å²) in [6.45, 7) is 7.03. The van der Waals surface area contributed by atoms with Crippen molar-refractivity contribution >= 4 is 23.3 Å². The van der Waals surface area contributed by atoms with Crippen LogP contribution in [0.4, 0.5) is 11.4 Å². The Bertz CT molecular complexity index is 794. The molecule has 3 rings (SSSR count). The molecule has 27 heavy (non-hydrogen) atoms. The van der Waals surface area contributed by atoms with Crippen molar-refractivity contribution in [2.75, 3.05) is 11.1 Å². The Labute approximate surface area is 159 Å². The van der Waals surface area contributed by atoms with E-state index >= 15 is 0 Å². The van der Waals surface area contributed by atoms with E-state index < -0.39 is 17.7 Å². The average molecular weight is 368 g/mol. The number of nitrogen functional groups attached to an aromatic ring is 1. The van der Waals surface area contributed by atoms with Crippen LogP contribution in [0.2, 0.25) is 0 Å². The second kappa shape index (κ2) is 8.40. The summed E-state index contributed by atoms with van der Waals surface area (Å²) >= 11 is 0. The Hall–Kier alpha value is -3.28. The number of rotatable bonds is 2. The van der Waals surface area contributed by atoms with Crippen molar-refractivity contribution < 1.29 is 19.1 Å². The van der Waals surface area contributed by atoms with Crippen molar-refractivity contribution in [1.29, 1.82) is 0 Å². The Morgan fingerprint density at radius 1 is 0.852 bits per heavy atom. The number of carbonyl (C=O) groups excluding carboxylic acids is 2. The second-order valence-electron chi connectivity index (χ2n) is 6.66. The number of nitrogens with one attached hydrogen (secondary N) is 1. The van der Waals surface area contributed by atoms with Gasteiger partial charge in [0.25, 0.3) is 5.79 Å². The molecule has 3 N–H and O–H groups in total. The third-order valence-electron chi connectivity index (χ3n) is 3.63. The SMILES string of the molecule is Cc1ccc(N)cc1.Cc1ccc(NC=C2C(=O)OC(C)(C)OC2=O)cc1. The molecule has 1 aliphatic heterocycles. The number of hydrogen-bond donors (Lipinski definition) is 2. The van der Waals surface area contributed by atoms with Crippen LogP contribution in [0.1, 0.15) is 25.0 Å². The maximum atomic E-state index is 11.7. The monoisotopic (exact) mass is 368 g/mol. The van der Waals surface area contributed by atoms with E-state index in [0.29, 0.717) is 0 Å². The summed E-state index contributed by atoms with van der Waals surface area (Å²) in [6, 6.07) is 15.3. The predicted octanol–water partition coefficient (Wildman–Crippen LogP) is 3.70. The Balaban J connectivity index is 0.000000273. The van der Waals surface area contributed by atoms with Crippen LogP contribution in [-0.2, 0) is 19.1 Å². The van der Waals surface area contributed by atoms with Gasteiger partial charge in [0, 0.05) is 31.4 Å². The van der Waals surface area contributed by atoms with E-state index in [0.717, 1.165) is 16.9 Å². The van der Waals surface area contributed by atoms with Gasteiger partial charge in [0.1, 0.15) is 0 Å². The summed E-state index contributed by atoms with van der Waals surface area (Å²) in [7, 11) is 0. The minimum atomic E-state index is -1.21. The largest absolute Gasteiger partial charge is 0.419 e. The van der Waals surface area contributed by atoms with Gasteiger partial charge in [0.15, 0.2) is 5.57 Å². The molecule has 0 aromatic heterocycles. The molecule has 142 valence electrons. The molecular weight excluding hydrogens is 344 g/mol. The number of nitrogens with two attached hydrogens (primary N) is 1. The quantitative estimate of drug-likeness (QED) is 0.363. The number of esters is 2. The molecule has 0 saturated carbocycles. The van der Waals surface area contributed by atoms with Gasteiger partial charge in [0.2, 0.25) is 0 Å². The fraction of sp³-hybridized carbons (Fsp3) is 0.238. The Morgan fingerprint density at radius 3 is 1.74 bits per heavy atom. The molecule has 6 heteroatoms. The number of anilines is 2. The number of aryl methyl sites for hydroxylation is 2. The molecule has 2 aromatic carbocycles. The van der Waals surface area contributed by atoms with Crippen molar-refractivity contribution in [2.45, 2.75) is 33.5 Å². The highest BCUT2D eigenvalue weighted by Gasteiger charge is 2.38. The van der Waals surface area contributed by atoms with E-state index in [2.05, 4.69) is 5.32 Å². The molecule has 1 heterocycles. The normalized spacial score (nSPS) is 15.0. The first kappa shape index (κ1) is 20.0. The van der Waals surface area contributed by atoms with Gasteiger partial charge < -0.3 is 20.5 Å². The third-order valence-corrected chi connectivity index (χ3v) is 3.63. The van der Waals surface area contributed by atoms with E-state index in [1.54, 1.807) is 0 Å². The van der Waals surface area contributed by atoms with Crippen molar-refractivity contribution in [3.8, 4) is 0 Å². The maximum Gasteiger partial charge on any atom is 0.350 e. The smallest absolute Gasteiger partial charge is 0.350 e. The van der Waals surface area contributed by atoms with Crippen LogP contribution in [0, 0.1) is 13.8 Å². The van der Waals surface area contributed by atoms with Crippen LogP contribution in [0.25, 0.3) is 0 Å². The highest BCUT2D eigenvalue weighted by Crippen LogP contribution is 2.22. The summed E-state index contributed by atoms with van der Waals surface area (Å²) in [5, 5.41) is 2.87. The predicted molar refractivity (Wildman–Crippen MR) is 105 cm³/mol. The number of ether oxygens (including phenoxy) is 2. The second-order valence-corrected chi connectivity index (χ2v) is 6.66. The van der Waals surface area contributed by atoms with Crippen molar-refractivity contribution in [3.05, 3.63) is 71.4 Å². The zero-order valence-corrected chi connectivity index (χ0v) is 15.9. The first-order valence-corrected chi connectivity index (χ1v) is 8.48. The number of cyclic esters (lactones) is 2. The molecule has 0 spiro atoms. The standard InChI is InChI=1S/C14H15NO4.C7H9N/c1-9-4-6-10(7-5-9)15-8-11-12(16)18-14(2,3)19-13(11)17;1-6-2-4-7(8)5-3-6/h4-8,15H,1-3H3;2-5H,8H2,1H3. The molecule has 0 bridgehead atoms. The lowest BCUT2D eigenvalue weighted by molar-refractivity contribution is -0.222. The molecule has 1 fully saturated rings. The number of hydrogen-bond acceptors (Lipinski definition) is 6. The highest BCUT2D eigenvalue weighted by atomic mass is 16.7. The van der Waals surface area contributed by atoms with Crippen LogP contribution < -0.4 is 11.1 Å². The van der Waals surface area contributed by atoms with E-state index in [9.17, 15) is 9.59 Å². The molecule has 0 aliphatic carbocycles. The first-order valence-electron chi connectivity index (χ1n) is 8.48. The average Bonchev–Trinajstić information content (AvgIpc) is 2.58. The van der Waals surface area contributed by atoms with Gasteiger partial charge in [-0.1, -0.05) is 35.4 Å². The van der Waals surface area contributed by atoms with Crippen molar-refractivity contribution in [2.24, 2.45) is 0 Å². The lowest BCUT2D eigenvalue weighted by Crippen LogP contribution is -2.42. The van der Waals surface area contributed by atoms with Gasteiger partial charge in [-0.15, -0.1) is 0 Å². The summed E-state index contributed by atoms with van der Waals surface area (Å²) in [5.74, 6) is -2.60. The maximum absolute atomic E-state index is 11.7. The van der Waals surface area contributed by atoms with Gasteiger partial charge in [0.05, 0.1) is 0 Å². The van der Waals surface area contributed by atoms with E-state index in [-0.39, 0.29) is 5.57 Å². The molecule has 0 amide bonds. The zero-order chi connectivity index (χ0) is 20.0. The Morgan fingerprint density at radius 2 is 1.30 bits per heavy atom. The van der Waals surface area contributed by atoms with Gasteiger partial charge in [-0.3, -0.25) is 0 Å².